The number of benzene rings is 5. The van der Waals surface area contributed by atoms with E-state index in [2.05, 4.69) is 131 Å². The molecule has 8 rings (SSSR count). The lowest BCUT2D eigenvalue weighted by molar-refractivity contribution is 0.725. The molecule has 0 amide bonds. The van der Waals surface area contributed by atoms with E-state index in [9.17, 15) is 0 Å². The van der Waals surface area contributed by atoms with Crippen molar-refractivity contribution >= 4 is 22.4 Å². The minimum absolute atomic E-state index is 0.552. The summed E-state index contributed by atoms with van der Waals surface area (Å²) >= 11 is 0. The SMILES string of the molecule is c1ccc(-n2c(-c3ccc(-c4ccc5c(c4)CC4Cc6ccccc6N54)cc3)nc3ccccc32)cc1. The topological polar surface area (TPSA) is 21.1 Å². The molecule has 0 N–H and O–H groups in total. The second-order valence-corrected chi connectivity index (χ2v) is 10.1. The van der Waals surface area contributed by atoms with E-state index in [-0.39, 0.29) is 0 Å². The van der Waals surface area contributed by atoms with Crippen LogP contribution in [0.3, 0.4) is 0 Å². The Kier molecular flexibility index (Phi) is 4.41. The van der Waals surface area contributed by atoms with Crippen molar-refractivity contribution in [1.29, 1.82) is 0 Å². The first-order chi connectivity index (χ1) is 18.3. The van der Waals surface area contributed by atoms with Crippen LogP contribution < -0.4 is 4.90 Å². The Balaban J connectivity index is 1.16. The molecule has 176 valence electrons. The number of hydrogen-bond acceptors (Lipinski definition) is 2. The smallest absolute Gasteiger partial charge is 0.145 e. The van der Waals surface area contributed by atoms with Crippen LogP contribution in [0.15, 0.2) is 121 Å². The van der Waals surface area contributed by atoms with Crippen LogP contribution in [-0.2, 0) is 12.8 Å². The molecule has 3 heteroatoms. The molecule has 2 aliphatic rings. The summed E-state index contributed by atoms with van der Waals surface area (Å²) in [5.41, 5.74) is 12.5. The van der Waals surface area contributed by atoms with Crippen LogP contribution in [0.25, 0.3) is 39.2 Å². The van der Waals surface area contributed by atoms with Gasteiger partial charge in [-0.2, -0.15) is 0 Å². The van der Waals surface area contributed by atoms with Crippen LogP contribution in [0.5, 0.6) is 0 Å². The molecule has 0 saturated carbocycles. The normalized spacial score (nSPS) is 15.6. The molecule has 1 atom stereocenters. The van der Waals surface area contributed by atoms with E-state index in [0.29, 0.717) is 6.04 Å². The molecule has 3 nitrogen and oxygen atoms in total. The lowest BCUT2D eigenvalue weighted by Crippen LogP contribution is -2.22. The highest BCUT2D eigenvalue weighted by Gasteiger charge is 2.36. The number of nitrogens with zero attached hydrogens (tertiary/aromatic N) is 3. The van der Waals surface area contributed by atoms with Crippen LogP contribution >= 0.6 is 0 Å². The Morgan fingerprint density at radius 3 is 2.14 bits per heavy atom. The van der Waals surface area contributed by atoms with E-state index in [1.54, 1.807) is 0 Å². The van der Waals surface area contributed by atoms with Crippen molar-refractivity contribution in [2.75, 3.05) is 4.90 Å². The molecule has 0 spiro atoms. The number of anilines is 2. The number of para-hydroxylation sites is 4. The lowest BCUT2D eigenvalue weighted by Gasteiger charge is -2.20. The largest absolute Gasteiger partial charge is 0.337 e. The van der Waals surface area contributed by atoms with Gasteiger partial charge in [-0.1, -0.05) is 78.9 Å². The van der Waals surface area contributed by atoms with Gasteiger partial charge in [0.25, 0.3) is 0 Å². The van der Waals surface area contributed by atoms with E-state index < -0.39 is 0 Å². The van der Waals surface area contributed by atoms with Gasteiger partial charge in [-0.3, -0.25) is 4.57 Å². The maximum absolute atomic E-state index is 5.02. The first-order valence-electron chi connectivity index (χ1n) is 13.0. The minimum Gasteiger partial charge on any atom is -0.337 e. The van der Waals surface area contributed by atoms with Gasteiger partial charge in [0.05, 0.1) is 11.0 Å². The summed E-state index contributed by atoms with van der Waals surface area (Å²) in [5, 5.41) is 0. The molecule has 1 unspecified atom stereocenters. The zero-order chi connectivity index (χ0) is 24.3. The molecule has 6 aromatic rings. The van der Waals surface area contributed by atoms with Crippen molar-refractivity contribution in [2.45, 2.75) is 18.9 Å². The molecule has 5 aromatic carbocycles. The summed E-state index contributed by atoms with van der Waals surface area (Å²) in [6, 6.07) is 44.1. The second kappa shape index (κ2) is 7.94. The Labute approximate surface area is 216 Å². The number of aromatic nitrogens is 2. The van der Waals surface area contributed by atoms with Crippen LogP contribution in [0.4, 0.5) is 11.4 Å². The van der Waals surface area contributed by atoms with Gasteiger partial charge in [0.15, 0.2) is 0 Å². The van der Waals surface area contributed by atoms with E-state index in [4.69, 9.17) is 4.98 Å². The first kappa shape index (κ1) is 20.6. The molecule has 3 heterocycles. The van der Waals surface area contributed by atoms with Crippen molar-refractivity contribution in [3.63, 3.8) is 0 Å². The zero-order valence-electron chi connectivity index (χ0n) is 20.4. The highest BCUT2D eigenvalue weighted by molar-refractivity contribution is 5.84. The maximum Gasteiger partial charge on any atom is 0.145 e. The molecule has 0 saturated heterocycles. The number of fused-ring (bicyclic) bond motifs is 6. The Hall–Kier alpha value is -4.63. The van der Waals surface area contributed by atoms with Crippen LogP contribution in [-0.4, -0.2) is 15.6 Å². The predicted molar refractivity (Wildman–Crippen MR) is 152 cm³/mol. The van der Waals surface area contributed by atoms with Crippen LogP contribution in [0.1, 0.15) is 11.1 Å². The van der Waals surface area contributed by atoms with Crippen molar-refractivity contribution < 1.29 is 0 Å². The Bertz CT molecular complexity index is 1780. The third kappa shape index (κ3) is 3.17. The number of imidazole rings is 1. The van der Waals surface area contributed by atoms with Gasteiger partial charge in [0.2, 0.25) is 0 Å². The third-order valence-corrected chi connectivity index (χ3v) is 7.92. The standard InChI is InChI=1S/C34H25N3/c1-2-9-28(10-3-1)37-33-13-7-5-11-30(33)35-34(37)24-16-14-23(15-17-24)25-18-19-32-27(20-25)22-29-21-26-8-4-6-12-31(26)36(29)32/h1-20,29H,21-22H2. The molecule has 0 bridgehead atoms. The average Bonchev–Trinajstić information content (AvgIpc) is 3.63. The number of rotatable bonds is 3. The van der Waals surface area contributed by atoms with Gasteiger partial charge >= 0.3 is 0 Å². The molecular formula is C34H25N3. The fourth-order valence-corrected chi connectivity index (χ4v) is 6.24. The van der Waals surface area contributed by atoms with Crippen molar-refractivity contribution in [3.8, 4) is 28.2 Å². The number of hydrogen-bond donors (Lipinski definition) is 0. The summed E-state index contributed by atoms with van der Waals surface area (Å²) < 4.78 is 2.25. The average molecular weight is 476 g/mol. The van der Waals surface area contributed by atoms with Gasteiger partial charge in [-0.15, -0.1) is 0 Å². The maximum atomic E-state index is 5.02. The molecule has 37 heavy (non-hydrogen) atoms. The third-order valence-electron chi connectivity index (χ3n) is 7.92. The molecule has 0 aliphatic carbocycles. The van der Waals surface area contributed by atoms with Gasteiger partial charge in [-0.05, 0) is 77.6 Å². The Morgan fingerprint density at radius 2 is 1.24 bits per heavy atom. The molecule has 2 aliphatic heterocycles. The summed E-state index contributed by atoms with van der Waals surface area (Å²) in [5.74, 6) is 0.965. The van der Waals surface area contributed by atoms with Crippen LogP contribution in [0, 0.1) is 0 Å². The van der Waals surface area contributed by atoms with Gasteiger partial charge in [-0.25, -0.2) is 4.98 Å². The molecular weight excluding hydrogens is 450 g/mol. The quantitative estimate of drug-likeness (QED) is 0.259. The molecule has 1 aromatic heterocycles. The van der Waals surface area contributed by atoms with Gasteiger partial charge in [0.1, 0.15) is 5.82 Å². The fraction of sp³-hybridized carbons (Fsp3) is 0.0882. The van der Waals surface area contributed by atoms with Crippen LogP contribution in [0.2, 0.25) is 0 Å². The summed E-state index contributed by atoms with van der Waals surface area (Å²) in [6.45, 7) is 0. The minimum atomic E-state index is 0.552. The monoisotopic (exact) mass is 475 g/mol. The second-order valence-electron chi connectivity index (χ2n) is 10.1. The summed E-state index contributed by atoms with van der Waals surface area (Å²) in [6.07, 6.45) is 2.24. The molecule has 0 radical (unpaired) electrons. The summed E-state index contributed by atoms with van der Waals surface area (Å²) in [4.78, 5) is 7.56. The highest BCUT2D eigenvalue weighted by Crippen LogP contribution is 2.46. The first-order valence-corrected chi connectivity index (χ1v) is 13.0. The highest BCUT2D eigenvalue weighted by atomic mass is 15.2. The van der Waals surface area contributed by atoms with E-state index in [1.807, 2.05) is 0 Å². The van der Waals surface area contributed by atoms with Gasteiger partial charge in [0, 0.05) is 28.7 Å². The van der Waals surface area contributed by atoms with E-state index in [1.165, 1.54) is 33.6 Å². The Morgan fingerprint density at radius 1 is 0.568 bits per heavy atom. The summed E-state index contributed by atoms with van der Waals surface area (Å²) in [7, 11) is 0. The fourth-order valence-electron chi connectivity index (χ4n) is 6.24. The molecule has 0 fully saturated rings. The van der Waals surface area contributed by atoms with Crippen molar-refractivity contribution in [3.05, 3.63) is 132 Å². The van der Waals surface area contributed by atoms with E-state index in [0.717, 1.165) is 41.0 Å². The van der Waals surface area contributed by atoms with Gasteiger partial charge < -0.3 is 4.90 Å². The van der Waals surface area contributed by atoms with Crippen molar-refractivity contribution in [2.24, 2.45) is 0 Å². The van der Waals surface area contributed by atoms with E-state index >= 15 is 0 Å². The predicted octanol–water partition coefficient (Wildman–Crippen LogP) is 7.98. The van der Waals surface area contributed by atoms with Crippen molar-refractivity contribution in [1.82, 2.24) is 9.55 Å². The lowest BCUT2D eigenvalue weighted by atomic mass is 9.98. The zero-order valence-corrected chi connectivity index (χ0v) is 20.4.